The maximum Gasteiger partial charge on any atom is 0.338 e. The van der Waals surface area contributed by atoms with Gasteiger partial charge < -0.3 is 18.9 Å². The summed E-state index contributed by atoms with van der Waals surface area (Å²) in [6.07, 6.45) is 1.75. The van der Waals surface area contributed by atoms with Crippen molar-refractivity contribution in [2.75, 3.05) is 28.4 Å². The maximum atomic E-state index is 13.5. The Bertz CT molecular complexity index is 1390. The Morgan fingerprint density at radius 2 is 1.82 bits per heavy atom. The van der Waals surface area contributed by atoms with Crippen LogP contribution in [0.2, 0.25) is 0 Å². The zero-order chi connectivity index (χ0) is 23.7. The molecule has 3 heterocycles. The number of benzene rings is 1. The Labute approximate surface area is 197 Å². The van der Waals surface area contributed by atoms with Crippen molar-refractivity contribution in [2.45, 2.75) is 13.0 Å². The van der Waals surface area contributed by atoms with E-state index in [2.05, 4.69) is 4.99 Å². The molecule has 0 bridgehead atoms. The molecule has 0 amide bonds. The number of thiophene rings is 1. The largest absolute Gasteiger partial charge is 0.493 e. The molecule has 33 heavy (non-hydrogen) atoms. The number of rotatable bonds is 6. The highest BCUT2D eigenvalue weighted by atomic mass is 32.1. The van der Waals surface area contributed by atoms with Crippen LogP contribution >= 0.6 is 22.7 Å². The Morgan fingerprint density at radius 1 is 1.12 bits per heavy atom. The van der Waals surface area contributed by atoms with Crippen molar-refractivity contribution >= 4 is 34.7 Å². The van der Waals surface area contributed by atoms with E-state index in [9.17, 15) is 9.59 Å². The van der Waals surface area contributed by atoms with E-state index < -0.39 is 12.0 Å². The number of carbonyl (C=O) groups is 1. The molecule has 0 fully saturated rings. The molecule has 1 aromatic carbocycles. The van der Waals surface area contributed by atoms with Crippen LogP contribution in [-0.2, 0) is 9.53 Å². The monoisotopic (exact) mass is 486 g/mol. The van der Waals surface area contributed by atoms with Gasteiger partial charge in [0, 0.05) is 4.88 Å². The Morgan fingerprint density at radius 3 is 2.36 bits per heavy atom. The molecule has 0 saturated heterocycles. The Kier molecular flexibility index (Phi) is 6.39. The van der Waals surface area contributed by atoms with E-state index in [-0.39, 0.29) is 5.56 Å². The number of hydrogen-bond acceptors (Lipinski definition) is 9. The van der Waals surface area contributed by atoms with Gasteiger partial charge in [-0.3, -0.25) is 9.36 Å². The third kappa shape index (κ3) is 3.96. The fourth-order valence-corrected chi connectivity index (χ4v) is 5.61. The lowest BCUT2D eigenvalue weighted by Gasteiger charge is -2.22. The fraction of sp³-hybridized carbons (Fsp3) is 0.261. The zero-order valence-corrected chi connectivity index (χ0v) is 20.3. The highest BCUT2D eigenvalue weighted by molar-refractivity contribution is 7.10. The molecule has 0 N–H and O–H groups in total. The lowest BCUT2D eigenvalue weighted by Crippen LogP contribution is -2.39. The van der Waals surface area contributed by atoms with Crippen LogP contribution in [0.3, 0.4) is 0 Å². The maximum absolute atomic E-state index is 13.5. The molecule has 172 valence electrons. The van der Waals surface area contributed by atoms with Crippen molar-refractivity contribution in [3.8, 4) is 17.2 Å². The summed E-state index contributed by atoms with van der Waals surface area (Å²) in [6.45, 7) is 1.75. The van der Waals surface area contributed by atoms with E-state index in [1.807, 2.05) is 17.5 Å². The lowest BCUT2D eigenvalue weighted by atomic mass is 10.0. The van der Waals surface area contributed by atoms with Crippen LogP contribution in [0.25, 0.3) is 6.08 Å². The minimum Gasteiger partial charge on any atom is -0.493 e. The smallest absolute Gasteiger partial charge is 0.338 e. The number of esters is 1. The van der Waals surface area contributed by atoms with Gasteiger partial charge >= 0.3 is 5.97 Å². The van der Waals surface area contributed by atoms with Crippen molar-refractivity contribution in [1.82, 2.24) is 4.57 Å². The normalized spacial score (nSPS) is 15.7. The van der Waals surface area contributed by atoms with Crippen LogP contribution in [-0.4, -0.2) is 39.0 Å². The standard InChI is InChI=1S/C23H22N2O6S2/c1-12-18(22(27)31-5)19(16-7-6-8-32-16)25-21(26)17(33-23(25)24-12)11-13-9-14(28-2)20(30-4)15(10-13)29-3/h6-11,19H,1-5H3/b17-11+/t19-/m0/s1. The van der Waals surface area contributed by atoms with Crippen LogP contribution in [0.4, 0.5) is 0 Å². The summed E-state index contributed by atoms with van der Waals surface area (Å²) in [6, 6.07) is 6.71. The first-order valence-corrected chi connectivity index (χ1v) is 11.6. The minimum atomic E-state index is -0.601. The van der Waals surface area contributed by atoms with Gasteiger partial charge in [0.2, 0.25) is 5.75 Å². The summed E-state index contributed by atoms with van der Waals surface area (Å²) in [5.41, 5.74) is 1.33. The molecular formula is C23H22N2O6S2. The van der Waals surface area contributed by atoms with Crippen LogP contribution in [0.5, 0.6) is 17.2 Å². The van der Waals surface area contributed by atoms with Crippen LogP contribution in [0.1, 0.15) is 23.4 Å². The van der Waals surface area contributed by atoms with Crippen LogP contribution in [0.15, 0.2) is 50.7 Å². The van der Waals surface area contributed by atoms with E-state index in [1.165, 1.54) is 51.1 Å². The Hall–Kier alpha value is -3.37. The molecule has 1 atom stereocenters. The second-order valence-electron chi connectivity index (χ2n) is 7.05. The van der Waals surface area contributed by atoms with Crippen LogP contribution in [0, 0.1) is 0 Å². The first-order valence-electron chi connectivity index (χ1n) is 9.87. The SMILES string of the molecule is COC(=O)C1=C(C)N=c2s/c(=C/c3cc(OC)c(OC)c(OC)c3)c(=O)n2[C@H]1c1cccs1. The quantitative estimate of drug-likeness (QED) is 0.498. The van der Waals surface area contributed by atoms with Gasteiger partial charge in [-0.05, 0) is 42.1 Å². The van der Waals surface area contributed by atoms with Gasteiger partial charge in [0.15, 0.2) is 16.3 Å². The molecule has 0 aliphatic carbocycles. The number of carbonyl (C=O) groups excluding carboxylic acids is 1. The summed E-state index contributed by atoms with van der Waals surface area (Å²) in [4.78, 5) is 32.1. The number of nitrogens with zero attached hydrogens (tertiary/aromatic N) is 2. The summed E-state index contributed by atoms with van der Waals surface area (Å²) in [5.74, 6) is 0.926. The minimum absolute atomic E-state index is 0.250. The average Bonchev–Trinajstić information content (AvgIpc) is 3.45. The number of thiazole rings is 1. The average molecular weight is 487 g/mol. The molecule has 0 unspecified atom stereocenters. The summed E-state index contributed by atoms with van der Waals surface area (Å²) < 4.78 is 23.2. The van der Waals surface area contributed by atoms with Gasteiger partial charge in [0.25, 0.3) is 5.56 Å². The molecule has 0 radical (unpaired) electrons. The highest BCUT2D eigenvalue weighted by Crippen LogP contribution is 2.38. The molecule has 1 aliphatic heterocycles. The van der Waals surface area contributed by atoms with Gasteiger partial charge in [0.1, 0.15) is 6.04 Å². The summed E-state index contributed by atoms with van der Waals surface area (Å²) >= 11 is 2.72. The van der Waals surface area contributed by atoms with E-state index in [0.717, 1.165) is 4.88 Å². The molecule has 0 saturated carbocycles. The van der Waals surface area contributed by atoms with Crippen molar-refractivity contribution in [2.24, 2.45) is 4.99 Å². The first-order chi connectivity index (χ1) is 15.9. The molecule has 8 nitrogen and oxygen atoms in total. The second kappa shape index (κ2) is 9.24. The predicted molar refractivity (Wildman–Crippen MR) is 126 cm³/mol. The van der Waals surface area contributed by atoms with Gasteiger partial charge in [-0.1, -0.05) is 17.4 Å². The van der Waals surface area contributed by atoms with Crippen molar-refractivity contribution in [3.63, 3.8) is 0 Å². The molecule has 0 spiro atoms. The summed E-state index contributed by atoms with van der Waals surface area (Å²) in [7, 11) is 5.92. The third-order valence-electron chi connectivity index (χ3n) is 5.22. The number of aromatic nitrogens is 1. The van der Waals surface area contributed by atoms with E-state index in [4.69, 9.17) is 18.9 Å². The Balaban J connectivity index is 1.94. The topological polar surface area (TPSA) is 88.4 Å². The van der Waals surface area contributed by atoms with E-state index >= 15 is 0 Å². The van der Waals surface area contributed by atoms with Crippen molar-refractivity contribution in [3.05, 3.63) is 71.0 Å². The van der Waals surface area contributed by atoms with Crippen molar-refractivity contribution in [1.29, 1.82) is 0 Å². The van der Waals surface area contributed by atoms with E-state index in [0.29, 0.717) is 43.4 Å². The van der Waals surface area contributed by atoms with Gasteiger partial charge in [0.05, 0.1) is 44.2 Å². The lowest BCUT2D eigenvalue weighted by molar-refractivity contribution is -0.136. The van der Waals surface area contributed by atoms with Crippen molar-refractivity contribution < 1.29 is 23.7 Å². The first kappa shape index (κ1) is 22.8. The number of allylic oxidation sites excluding steroid dienone is 1. The molecule has 4 rings (SSSR count). The second-order valence-corrected chi connectivity index (χ2v) is 9.04. The number of hydrogen-bond donors (Lipinski definition) is 0. The molecule has 3 aromatic rings. The molecular weight excluding hydrogens is 464 g/mol. The summed E-state index contributed by atoms with van der Waals surface area (Å²) in [5, 5.41) is 1.91. The molecule has 10 heteroatoms. The van der Waals surface area contributed by atoms with Crippen LogP contribution < -0.4 is 29.1 Å². The highest BCUT2D eigenvalue weighted by Gasteiger charge is 2.33. The van der Waals surface area contributed by atoms with Gasteiger partial charge in [-0.25, -0.2) is 9.79 Å². The zero-order valence-electron chi connectivity index (χ0n) is 18.7. The number of ether oxygens (including phenoxy) is 4. The fourth-order valence-electron chi connectivity index (χ4n) is 3.74. The van der Waals surface area contributed by atoms with Gasteiger partial charge in [-0.2, -0.15) is 0 Å². The van der Waals surface area contributed by atoms with Gasteiger partial charge in [-0.15, -0.1) is 11.3 Å². The van der Waals surface area contributed by atoms with E-state index in [1.54, 1.807) is 29.7 Å². The third-order valence-corrected chi connectivity index (χ3v) is 7.13. The number of fused-ring (bicyclic) bond motifs is 1. The number of methoxy groups -OCH3 is 4. The predicted octanol–water partition coefficient (Wildman–Crippen LogP) is 2.50. The molecule has 1 aliphatic rings. The molecule has 2 aromatic heterocycles.